The Morgan fingerprint density at radius 1 is 1.35 bits per heavy atom. The van der Waals surface area contributed by atoms with E-state index < -0.39 is 17.7 Å². The number of H-pyrrole nitrogens is 1. The van der Waals surface area contributed by atoms with Crippen LogP contribution in [0.2, 0.25) is 0 Å². The van der Waals surface area contributed by atoms with E-state index in [1.807, 2.05) is 13.8 Å². The van der Waals surface area contributed by atoms with Crippen LogP contribution in [0.3, 0.4) is 0 Å². The number of aryl methyl sites for hydroxylation is 2. The van der Waals surface area contributed by atoms with Gasteiger partial charge < -0.3 is 5.11 Å². The van der Waals surface area contributed by atoms with E-state index in [0.29, 0.717) is 0 Å². The van der Waals surface area contributed by atoms with Crippen molar-refractivity contribution in [3.05, 3.63) is 52.3 Å². The Labute approximate surface area is 134 Å². The Kier molecular flexibility index (Phi) is 4.46. The summed E-state index contributed by atoms with van der Waals surface area (Å²) in [7, 11) is 0. The van der Waals surface area contributed by atoms with Crippen molar-refractivity contribution in [1.82, 2.24) is 15.1 Å². The van der Waals surface area contributed by atoms with Crippen LogP contribution in [0.1, 0.15) is 47.5 Å². The van der Waals surface area contributed by atoms with E-state index in [1.54, 1.807) is 0 Å². The van der Waals surface area contributed by atoms with Crippen molar-refractivity contribution in [2.24, 2.45) is 0 Å². The van der Waals surface area contributed by atoms with Crippen LogP contribution >= 0.6 is 0 Å². The maximum Gasteiger partial charge on any atom is 0.131 e. The highest BCUT2D eigenvalue weighted by Gasteiger charge is 2.32. The molecule has 124 valence electrons. The first-order valence-electron chi connectivity index (χ1n) is 7.86. The molecule has 3 rings (SSSR count). The van der Waals surface area contributed by atoms with Gasteiger partial charge in [-0.25, -0.2) is 8.78 Å². The minimum absolute atomic E-state index is 0.123. The SMILES string of the molecule is Cc1n[nH]c(C)c1C1CCCN1CC(O)c1c(F)cccc1F. The Morgan fingerprint density at radius 2 is 2.04 bits per heavy atom. The number of hydrogen-bond donors (Lipinski definition) is 2. The number of aliphatic hydroxyl groups is 1. The molecule has 0 saturated carbocycles. The maximum atomic E-state index is 13.8. The summed E-state index contributed by atoms with van der Waals surface area (Å²) in [6.45, 7) is 4.91. The van der Waals surface area contributed by atoms with Crippen molar-refractivity contribution in [2.75, 3.05) is 13.1 Å². The first kappa shape index (κ1) is 16.1. The standard InChI is InChI=1S/C17H21F2N3O/c1-10-16(11(2)21-20-10)14-7-4-8-22(14)9-15(23)17-12(18)5-3-6-13(17)19/h3,5-6,14-15,23H,4,7-9H2,1-2H3,(H,20,21). The summed E-state index contributed by atoms with van der Waals surface area (Å²) in [5, 5.41) is 17.6. The van der Waals surface area contributed by atoms with Gasteiger partial charge in [0.1, 0.15) is 11.6 Å². The molecule has 23 heavy (non-hydrogen) atoms. The van der Waals surface area contributed by atoms with E-state index >= 15 is 0 Å². The summed E-state index contributed by atoms with van der Waals surface area (Å²) < 4.78 is 27.7. The molecule has 1 aromatic heterocycles. The van der Waals surface area contributed by atoms with Gasteiger partial charge in [-0.1, -0.05) is 6.07 Å². The van der Waals surface area contributed by atoms with Crippen molar-refractivity contribution in [3.8, 4) is 0 Å². The quantitative estimate of drug-likeness (QED) is 0.909. The number of nitrogens with zero attached hydrogens (tertiary/aromatic N) is 2. The molecule has 0 amide bonds. The lowest BCUT2D eigenvalue weighted by molar-refractivity contribution is 0.0998. The minimum Gasteiger partial charge on any atom is -0.387 e. The van der Waals surface area contributed by atoms with Gasteiger partial charge in [-0.2, -0.15) is 5.10 Å². The third-order valence-electron chi connectivity index (χ3n) is 4.62. The van der Waals surface area contributed by atoms with Gasteiger partial charge in [-0.3, -0.25) is 10.00 Å². The first-order chi connectivity index (χ1) is 11.0. The number of benzene rings is 1. The van der Waals surface area contributed by atoms with Gasteiger partial charge in [-0.05, 0) is 45.4 Å². The van der Waals surface area contributed by atoms with Gasteiger partial charge in [-0.15, -0.1) is 0 Å². The smallest absolute Gasteiger partial charge is 0.131 e. The number of aromatic nitrogens is 2. The molecule has 1 aliphatic rings. The number of aromatic amines is 1. The van der Waals surface area contributed by atoms with Crippen molar-refractivity contribution in [2.45, 2.75) is 38.8 Å². The van der Waals surface area contributed by atoms with E-state index in [0.717, 1.165) is 36.3 Å². The van der Waals surface area contributed by atoms with E-state index in [2.05, 4.69) is 15.1 Å². The highest BCUT2D eigenvalue weighted by atomic mass is 19.1. The van der Waals surface area contributed by atoms with Crippen molar-refractivity contribution in [1.29, 1.82) is 0 Å². The number of aliphatic hydroxyl groups excluding tert-OH is 1. The normalized spacial score (nSPS) is 20.1. The summed E-state index contributed by atoms with van der Waals surface area (Å²) in [5.74, 6) is -1.41. The first-order valence-corrected chi connectivity index (χ1v) is 7.86. The molecule has 4 nitrogen and oxygen atoms in total. The molecule has 2 N–H and O–H groups in total. The molecule has 1 aromatic carbocycles. The Bertz CT molecular complexity index is 661. The van der Waals surface area contributed by atoms with Gasteiger partial charge >= 0.3 is 0 Å². The van der Waals surface area contributed by atoms with E-state index in [9.17, 15) is 13.9 Å². The van der Waals surface area contributed by atoms with Crippen LogP contribution in [0.15, 0.2) is 18.2 Å². The third kappa shape index (κ3) is 3.01. The lowest BCUT2D eigenvalue weighted by Gasteiger charge is -2.27. The average Bonchev–Trinajstić information content (AvgIpc) is 3.05. The fraction of sp³-hybridized carbons (Fsp3) is 0.471. The summed E-state index contributed by atoms with van der Waals surface area (Å²) in [6.07, 6.45) is 0.749. The summed E-state index contributed by atoms with van der Waals surface area (Å²) >= 11 is 0. The highest BCUT2D eigenvalue weighted by molar-refractivity contribution is 5.28. The van der Waals surface area contributed by atoms with Gasteiger partial charge in [0.05, 0.1) is 17.4 Å². The van der Waals surface area contributed by atoms with Crippen LogP contribution in [0.5, 0.6) is 0 Å². The second kappa shape index (κ2) is 6.37. The molecule has 1 aliphatic heterocycles. The zero-order valence-electron chi connectivity index (χ0n) is 13.3. The molecule has 2 aromatic rings. The predicted octanol–water partition coefficient (Wildman–Crippen LogP) is 3.18. The molecule has 1 saturated heterocycles. The van der Waals surface area contributed by atoms with Crippen LogP contribution in [-0.2, 0) is 0 Å². The molecular weight excluding hydrogens is 300 g/mol. The number of β-amino-alcohol motifs (C(OH)–C–C–N with tert-alkyl or cyclic N) is 1. The van der Waals surface area contributed by atoms with E-state index in [-0.39, 0.29) is 18.2 Å². The summed E-state index contributed by atoms with van der Waals surface area (Å²) in [4.78, 5) is 2.08. The predicted molar refractivity (Wildman–Crippen MR) is 82.9 cm³/mol. The molecule has 1 fully saturated rings. The Hall–Kier alpha value is -1.79. The van der Waals surface area contributed by atoms with Crippen molar-refractivity contribution >= 4 is 0 Å². The van der Waals surface area contributed by atoms with Gasteiger partial charge in [0, 0.05) is 23.8 Å². The fourth-order valence-electron chi connectivity index (χ4n) is 3.56. The fourth-order valence-corrected chi connectivity index (χ4v) is 3.56. The minimum atomic E-state index is -1.19. The molecule has 0 radical (unpaired) electrons. The molecule has 6 heteroatoms. The van der Waals surface area contributed by atoms with Crippen LogP contribution in [0.4, 0.5) is 8.78 Å². The molecule has 2 unspecified atom stereocenters. The number of likely N-dealkylation sites (tertiary alicyclic amines) is 1. The molecular formula is C17H21F2N3O. The van der Waals surface area contributed by atoms with Crippen LogP contribution < -0.4 is 0 Å². The topological polar surface area (TPSA) is 52.2 Å². The number of hydrogen-bond acceptors (Lipinski definition) is 3. The molecule has 2 heterocycles. The van der Waals surface area contributed by atoms with E-state index in [4.69, 9.17) is 0 Å². The average molecular weight is 321 g/mol. The van der Waals surface area contributed by atoms with Crippen LogP contribution in [-0.4, -0.2) is 33.3 Å². The zero-order chi connectivity index (χ0) is 16.6. The second-order valence-electron chi connectivity index (χ2n) is 6.15. The number of nitrogens with one attached hydrogen (secondary N) is 1. The molecule has 0 aliphatic carbocycles. The molecule has 0 spiro atoms. The molecule has 0 bridgehead atoms. The second-order valence-corrected chi connectivity index (χ2v) is 6.15. The van der Waals surface area contributed by atoms with Gasteiger partial charge in [0.15, 0.2) is 0 Å². The number of halogens is 2. The van der Waals surface area contributed by atoms with Gasteiger partial charge in [0.25, 0.3) is 0 Å². The van der Waals surface area contributed by atoms with Gasteiger partial charge in [0.2, 0.25) is 0 Å². The summed E-state index contributed by atoms with van der Waals surface area (Å²) in [6, 6.07) is 3.77. The monoisotopic (exact) mass is 321 g/mol. The lowest BCUT2D eigenvalue weighted by Crippen LogP contribution is -2.29. The largest absolute Gasteiger partial charge is 0.387 e. The van der Waals surface area contributed by atoms with Crippen molar-refractivity contribution < 1.29 is 13.9 Å². The third-order valence-corrected chi connectivity index (χ3v) is 4.62. The highest BCUT2D eigenvalue weighted by Crippen LogP contribution is 2.36. The number of rotatable bonds is 4. The Morgan fingerprint density at radius 3 is 2.65 bits per heavy atom. The zero-order valence-corrected chi connectivity index (χ0v) is 13.3. The maximum absolute atomic E-state index is 13.8. The van der Waals surface area contributed by atoms with Crippen molar-refractivity contribution in [3.63, 3.8) is 0 Å². The lowest BCUT2D eigenvalue weighted by atomic mass is 10.0. The van der Waals surface area contributed by atoms with E-state index in [1.165, 1.54) is 18.2 Å². The van der Waals surface area contributed by atoms with Crippen LogP contribution in [0.25, 0.3) is 0 Å². The Balaban J connectivity index is 1.82. The van der Waals surface area contributed by atoms with Crippen LogP contribution in [0, 0.1) is 25.5 Å². The summed E-state index contributed by atoms with van der Waals surface area (Å²) in [5.41, 5.74) is 2.82. The molecule has 2 atom stereocenters.